The molecule has 0 saturated carbocycles. The lowest BCUT2D eigenvalue weighted by Crippen LogP contribution is -2.35. The minimum Gasteiger partial charge on any atom is -0.330 e. The summed E-state index contributed by atoms with van der Waals surface area (Å²) in [5.41, 5.74) is 8.04. The van der Waals surface area contributed by atoms with Gasteiger partial charge in [-0.1, -0.05) is 17.7 Å². The van der Waals surface area contributed by atoms with Crippen molar-refractivity contribution < 1.29 is 0 Å². The summed E-state index contributed by atoms with van der Waals surface area (Å²) in [5.74, 6) is 0.700. The van der Waals surface area contributed by atoms with E-state index in [0.29, 0.717) is 5.92 Å². The van der Waals surface area contributed by atoms with E-state index >= 15 is 0 Å². The standard InChI is InChI=1S/C16H20ClN3/c17-15-4-3-13(16-14(15)2-1-7-19-16)11-20-8-5-12(10-18)6-9-20/h1-4,7,12H,5-6,8-11,18H2. The lowest BCUT2D eigenvalue weighted by atomic mass is 9.96. The number of benzene rings is 1. The first-order chi connectivity index (χ1) is 9.78. The molecule has 2 N–H and O–H groups in total. The average molecular weight is 290 g/mol. The monoisotopic (exact) mass is 289 g/mol. The third kappa shape index (κ3) is 2.80. The highest BCUT2D eigenvalue weighted by atomic mass is 35.5. The maximum absolute atomic E-state index is 6.24. The molecule has 0 unspecified atom stereocenters. The van der Waals surface area contributed by atoms with Gasteiger partial charge >= 0.3 is 0 Å². The molecule has 0 atom stereocenters. The van der Waals surface area contributed by atoms with Crippen LogP contribution in [0.15, 0.2) is 30.5 Å². The van der Waals surface area contributed by atoms with E-state index in [1.807, 2.05) is 24.4 Å². The molecule has 2 heterocycles. The Morgan fingerprint density at radius 3 is 2.80 bits per heavy atom. The predicted octanol–water partition coefficient (Wildman–Crippen LogP) is 3.06. The Bertz CT molecular complexity index is 591. The van der Waals surface area contributed by atoms with Gasteiger partial charge in [0.1, 0.15) is 0 Å². The summed E-state index contributed by atoms with van der Waals surface area (Å²) in [7, 11) is 0. The molecule has 4 heteroatoms. The van der Waals surface area contributed by atoms with Gasteiger partial charge in [-0.3, -0.25) is 9.88 Å². The predicted molar refractivity (Wildman–Crippen MR) is 83.8 cm³/mol. The van der Waals surface area contributed by atoms with E-state index in [2.05, 4.69) is 16.0 Å². The van der Waals surface area contributed by atoms with Gasteiger partial charge in [0, 0.05) is 23.2 Å². The summed E-state index contributed by atoms with van der Waals surface area (Å²) in [5, 5.41) is 1.82. The average Bonchev–Trinajstić information content (AvgIpc) is 2.51. The summed E-state index contributed by atoms with van der Waals surface area (Å²) in [6.45, 7) is 4.01. The van der Waals surface area contributed by atoms with Crippen LogP contribution in [-0.4, -0.2) is 29.5 Å². The Balaban J connectivity index is 1.80. The van der Waals surface area contributed by atoms with E-state index in [9.17, 15) is 0 Å². The van der Waals surface area contributed by atoms with Gasteiger partial charge < -0.3 is 5.73 Å². The van der Waals surface area contributed by atoms with Crippen LogP contribution in [0.2, 0.25) is 5.02 Å². The number of nitrogens with zero attached hydrogens (tertiary/aromatic N) is 2. The first-order valence-corrected chi connectivity index (χ1v) is 7.60. The zero-order chi connectivity index (χ0) is 13.9. The number of hydrogen-bond donors (Lipinski definition) is 1. The SMILES string of the molecule is NCC1CCN(Cc2ccc(Cl)c3cccnc23)CC1. The van der Waals surface area contributed by atoms with Crippen LogP contribution in [-0.2, 0) is 6.54 Å². The van der Waals surface area contributed by atoms with Gasteiger partial charge in [0.15, 0.2) is 0 Å². The minimum absolute atomic E-state index is 0.700. The Labute approximate surface area is 124 Å². The number of nitrogens with two attached hydrogens (primary N) is 1. The molecule has 0 radical (unpaired) electrons. The molecular weight excluding hydrogens is 270 g/mol. The molecule has 1 fully saturated rings. The van der Waals surface area contributed by atoms with Crippen LogP contribution in [0.25, 0.3) is 10.9 Å². The zero-order valence-electron chi connectivity index (χ0n) is 11.6. The molecule has 1 aromatic carbocycles. The lowest BCUT2D eigenvalue weighted by molar-refractivity contribution is 0.181. The molecule has 106 valence electrons. The first kappa shape index (κ1) is 13.8. The van der Waals surface area contributed by atoms with Crippen LogP contribution in [0.5, 0.6) is 0 Å². The van der Waals surface area contributed by atoms with Crippen LogP contribution in [0.1, 0.15) is 18.4 Å². The molecule has 1 aliphatic rings. The van der Waals surface area contributed by atoms with Gasteiger partial charge in [0.05, 0.1) is 5.52 Å². The molecule has 0 amide bonds. The van der Waals surface area contributed by atoms with Crippen molar-refractivity contribution in [1.29, 1.82) is 0 Å². The van der Waals surface area contributed by atoms with Crippen LogP contribution in [0.4, 0.5) is 0 Å². The fraction of sp³-hybridized carbons (Fsp3) is 0.438. The summed E-state index contributed by atoms with van der Waals surface area (Å²) >= 11 is 6.24. The third-order valence-corrected chi connectivity index (χ3v) is 4.56. The van der Waals surface area contributed by atoms with Gasteiger partial charge in [-0.05, 0) is 62.2 Å². The minimum atomic E-state index is 0.700. The molecule has 1 aromatic heterocycles. The van der Waals surface area contributed by atoms with Gasteiger partial charge in [-0.25, -0.2) is 0 Å². The highest BCUT2D eigenvalue weighted by Gasteiger charge is 2.19. The highest BCUT2D eigenvalue weighted by molar-refractivity contribution is 6.35. The summed E-state index contributed by atoms with van der Waals surface area (Å²) in [4.78, 5) is 7.00. The number of aromatic nitrogens is 1. The number of likely N-dealkylation sites (tertiary alicyclic amines) is 1. The van der Waals surface area contributed by atoms with Gasteiger partial charge in [0.25, 0.3) is 0 Å². The van der Waals surface area contributed by atoms with Crippen LogP contribution < -0.4 is 5.73 Å². The van der Waals surface area contributed by atoms with Crippen molar-refractivity contribution in [2.45, 2.75) is 19.4 Å². The molecule has 0 bridgehead atoms. The maximum Gasteiger partial charge on any atom is 0.0761 e. The van der Waals surface area contributed by atoms with E-state index in [1.54, 1.807) is 0 Å². The van der Waals surface area contributed by atoms with E-state index in [4.69, 9.17) is 17.3 Å². The number of hydrogen-bond acceptors (Lipinski definition) is 3. The fourth-order valence-electron chi connectivity index (χ4n) is 2.95. The Morgan fingerprint density at radius 2 is 2.05 bits per heavy atom. The van der Waals surface area contributed by atoms with Crippen LogP contribution in [0.3, 0.4) is 0 Å². The Morgan fingerprint density at radius 1 is 1.25 bits per heavy atom. The number of pyridine rings is 1. The van der Waals surface area contributed by atoms with Crippen molar-refractivity contribution in [2.75, 3.05) is 19.6 Å². The van der Waals surface area contributed by atoms with Gasteiger partial charge in [-0.2, -0.15) is 0 Å². The molecule has 1 aliphatic heterocycles. The summed E-state index contributed by atoms with van der Waals surface area (Å²) in [6, 6.07) is 8.06. The van der Waals surface area contributed by atoms with Crippen molar-refractivity contribution in [2.24, 2.45) is 11.7 Å². The molecule has 3 nitrogen and oxygen atoms in total. The van der Waals surface area contributed by atoms with Gasteiger partial charge in [-0.15, -0.1) is 0 Å². The van der Waals surface area contributed by atoms with Crippen molar-refractivity contribution >= 4 is 22.5 Å². The van der Waals surface area contributed by atoms with E-state index in [-0.39, 0.29) is 0 Å². The topological polar surface area (TPSA) is 42.1 Å². The normalized spacial score (nSPS) is 17.7. The molecular formula is C16H20ClN3. The molecule has 2 aromatic rings. The van der Waals surface area contributed by atoms with Crippen LogP contribution >= 0.6 is 11.6 Å². The second-order valence-electron chi connectivity index (χ2n) is 5.56. The zero-order valence-corrected chi connectivity index (χ0v) is 12.3. The summed E-state index contributed by atoms with van der Waals surface area (Å²) < 4.78 is 0. The smallest absolute Gasteiger partial charge is 0.0761 e. The molecule has 0 aliphatic carbocycles. The second kappa shape index (κ2) is 6.08. The summed E-state index contributed by atoms with van der Waals surface area (Å²) in [6.07, 6.45) is 4.24. The maximum atomic E-state index is 6.24. The lowest BCUT2D eigenvalue weighted by Gasteiger charge is -2.31. The first-order valence-electron chi connectivity index (χ1n) is 7.22. The quantitative estimate of drug-likeness (QED) is 0.944. The molecule has 0 spiro atoms. The number of fused-ring (bicyclic) bond motifs is 1. The van der Waals surface area contributed by atoms with E-state index in [1.165, 1.54) is 18.4 Å². The van der Waals surface area contributed by atoms with Crippen molar-refractivity contribution in [3.05, 3.63) is 41.0 Å². The number of rotatable bonds is 3. The van der Waals surface area contributed by atoms with Crippen LogP contribution in [0, 0.1) is 5.92 Å². The largest absolute Gasteiger partial charge is 0.330 e. The van der Waals surface area contributed by atoms with Gasteiger partial charge in [0.2, 0.25) is 0 Å². The van der Waals surface area contributed by atoms with E-state index < -0.39 is 0 Å². The molecule has 3 rings (SSSR count). The number of halogens is 1. The van der Waals surface area contributed by atoms with Crippen molar-refractivity contribution in [3.8, 4) is 0 Å². The Kier molecular flexibility index (Phi) is 4.20. The van der Waals surface area contributed by atoms with E-state index in [0.717, 1.165) is 42.1 Å². The highest BCUT2D eigenvalue weighted by Crippen LogP contribution is 2.26. The Hall–Kier alpha value is -1.16. The van der Waals surface area contributed by atoms with Crippen molar-refractivity contribution in [1.82, 2.24) is 9.88 Å². The fourth-order valence-corrected chi connectivity index (χ4v) is 3.16. The molecule has 20 heavy (non-hydrogen) atoms. The van der Waals surface area contributed by atoms with Crippen molar-refractivity contribution in [3.63, 3.8) is 0 Å². The molecule has 1 saturated heterocycles. The number of piperidine rings is 1. The third-order valence-electron chi connectivity index (χ3n) is 4.23. The second-order valence-corrected chi connectivity index (χ2v) is 5.97.